The van der Waals surface area contributed by atoms with Crippen LogP contribution in [0.1, 0.15) is 50.7 Å². The van der Waals surface area contributed by atoms with Crippen molar-refractivity contribution in [1.29, 1.82) is 0 Å². The molecule has 0 aromatic heterocycles. The van der Waals surface area contributed by atoms with Crippen molar-refractivity contribution in [1.82, 2.24) is 4.31 Å². The maximum Gasteiger partial charge on any atom is 0.217 e. The summed E-state index contributed by atoms with van der Waals surface area (Å²) in [5.41, 5.74) is 1.85. The van der Waals surface area contributed by atoms with E-state index in [4.69, 9.17) is 9.47 Å². The molecule has 5 nitrogen and oxygen atoms in total. The van der Waals surface area contributed by atoms with Crippen molar-refractivity contribution in [3.8, 4) is 11.5 Å². The Morgan fingerprint density at radius 3 is 1.78 bits per heavy atom. The lowest BCUT2D eigenvalue weighted by Gasteiger charge is -2.31. The molecule has 0 radical (unpaired) electrons. The lowest BCUT2D eigenvalue weighted by atomic mass is 9.99. The molecule has 0 aliphatic rings. The summed E-state index contributed by atoms with van der Waals surface area (Å²) in [6, 6.07) is 15.1. The van der Waals surface area contributed by atoms with Gasteiger partial charge in [-0.3, -0.25) is 0 Å². The van der Waals surface area contributed by atoms with Crippen LogP contribution >= 0.6 is 0 Å². The number of hydrogen-bond donors (Lipinski definition) is 0. The van der Waals surface area contributed by atoms with E-state index >= 15 is 0 Å². The van der Waals surface area contributed by atoms with Crippen molar-refractivity contribution in [2.24, 2.45) is 5.92 Å². The second-order valence-electron chi connectivity index (χ2n) is 8.19. The minimum atomic E-state index is -3.56. The summed E-state index contributed by atoms with van der Waals surface area (Å²) in [7, 11) is -0.322. The molecule has 0 bridgehead atoms. The van der Waals surface area contributed by atoms with Crippen LogP contribution in [0.2, 0.25) is 0 Å². The minimum Gasteiger partial charge on any atom is -0.497 e. The predicted molar refractivity (Wildman–Crippen MR) is 131 cm³/mol. The molecule has 0 spiro atoms. The standard InChI is InChI=1S/C26H37NO4S/c1-6-8-10-26(21(3)9-7-2)32(28,29)27(19-22-11-15-24(30-4)16-12-22)20-23-13-17-25(31-5)18-14-23/h7,11-18,21,26H,2,6,8-10,19-20H2,1,3-5H3/t21-,26+/m1/s1. The summed E-state index contributed by atoms with van der Waals surface area (Å²) in [6.45, 7) is 8.54. The molecule has 0 fully saturated rings. The molecule has 0 saturated carbocycles. The number of allylic oxidation sites excluding steroid dienone is 1. The van der Waals surface area contributed by atoms with Gasteiger partial charge in [0, 0.05) is 13.1 Å². The van der Waals surface area contributed by atoms with Crippen LogP contribution in [-0.4, -0.2) is 32.2 Å². The van der Waals surface area contributed by atoms with Crippen LogP contribution in [0.3, 0.4) is 0 Å². The van der Waals surface area contributed by atoms with Crippen molar-refractivity contribution in [2.75, 3.05) is 14.2 Å². The van der Waals surface area contributed by atoms with Gasteiger partial charge in [0.15, 0.2) is 0 Å². The van der Waals surface area contributed by atoms with Gasteiger partial charge in [-0.2, -0.15) is 4.31 Å². The zero-order valence-corrected chi connectivity index (χ0v) is 20.6. The fourth-order valence-corrected chi connectivity index (χ4v) is 6.05. The molecule has 0 aliphatic carbocycles. The van der Waals surface area contributed by atoms with Gasteiger partial charge in [0.25, 0.3) is 0 Å². The van der Waals surface area contributed by atoms with Crippen molar-refractivity contribution >= 4 is 10.0 Å². The summed E-state index contributed by atoms with van der Waals surface area (Å²) in [5.74, 6) is 1.50. The quantitative estimate of drug-likeness (QED) is 0.335. The Balaban J connectivity index is 2.40. The van der Waals surface area contributed by atoms with Crippen molar-refractivity contribution < 1.29 is 17.9 Å². The van der Waals surface area contributed by atoms with E-state index in [-0.39, 0.29) is 5.92 Å². The van der Waals surface area contributed by atoms with Crippen LogP contribution < -0.4 is 9.47 Å². The van der Waals surface area contributed by atoms with Gasteiger partial charge < -0.3 is 9.47 Å². The highest BCUT2D eigenvalue weighted by Gasteiger charge is 2.35. The van der Waals surface area contributed by atoms with Crippen LogP contribution in [0.15, 0.2) is 61.2 Å². The van der Waals surface area contributed by atoms with E-state index < -0.39 is 15.3 Å². The van der Waals surface area contributed by atoms with E-state index in [0.717, 1.165) is 35.5 Å². The number of unbranched alkanes of at least 4 members (excludes halogenated alkanes) is 1. The van der Waals surface area contributed by atoms with Gasteiger partial charge >= 0.3 is 0 Å². The summed E-state index contributed by atoms with van der Waals surface area (Å²) in [5, 5.41) is -0.447. The molecule has 0 heterocycles. The molecule has 2 aromatic carbocycles. The minimum absolute atomic E-state index is 0.00159. The van der Waals surface area contributed by atoms with E-state index in [0.29, 0.717) is 25.9 Å². The van der Waals surface area contributed by atoms with Crippen molar-refractivity contribution in [3.63, 3.8) is 0 Å². The zero-order chi connectivity index (χ0) is 23.6. The molecule has 176 valence electrons. The average Bonchev–Trinajstić information content (AvgIpc) is 2.80. The number of hydrogen-bond acceptors (Lipinski definition) is 4. The SMILES string of the molecule is C=CC[C@@H](C)[C@H](CCCC)S(=O)(=O)N(Cc1ccc(OC)cc1)Cc1ccc(OC)cc1. The first kappa shape index (κ1) is 25.9. The van der Waals surface area contributed by atoms with Crippen LogP contribution in [0.25, 0.3) is 0 Å². The Bertz CT molecular complexity index is 874. The van der Waals surface area contributed by atoms with Crippen LogP contribution in [-0.2, 0) is 23.1 Å². The first-order valence-electron chi connectivity index (χ1n) is 11.2. The second kappa shape index (κ2) is 12.7. The lowest BCUT2D eigenvalue weighted by molar-refractivity contribution is 0.371. The van der Waals surface area contributed by atoms with E-state index in [2.05, 4.69) is 13.5 Å². The highest BCUT2D eigenvalue weighted by Crippen LogP contribution is 2.28. The molecule has 0 N–H and O–H groups in total. The number of nitrogens with zero attached hydrogens (tertiary/aromatic N) is 1. The summed E-state index contributed by atoms with van der Waals surface area (Å²) in [4.78, 5) is 0. The molecular formula is C26H37NO4S. The van der Waals surface area contributed by atoms with E-state index in [1.807, 2.05) is 61.5 Å². The van der Waals surface area contributed by atoms with E-state index in [9.17, 15) is 8.42 Å². The zero-order valence-electron chi connectivity index (χ0n) is 19.8. The molecule has 32 heavy (non-hydrogen) atoms. The number of sulfonamides is 1. The maximum atomic E-state index is 14.0. The van der Waals surface area contributed by atoms with Gasteiger partial charge in [0.1, 0.15) is 11.5 Å². The first-order valence-corrected chi connectivity index (χ1v) is 12.7. The van der Waals surface area contributed by atoms with Crippen molar-refractivity contribution in [3.05, 3.63) is 72.3 Å². The summed E-state index contributed by atoms with van der Waals surface area (Å²) in [6.07, 6.45) is 4.98. The molecule has 6 heteroatoms. The third-order valence-corrected chi connectivity index (χ3v) is 8.24. The Kier molecular flexibility index (Phi) is 10.3. The number of rotatable bonds is 14. The molecule has 0 aliphatic heterocycles. The number of ether oxygens (including phenoxy) is 2. The fraction of sp³-hybridized carbons (Fsp3) is 0.462. The molecule has 2 atom stereocenters. The molecular weight excluding hydrogens is 422 g/mol. The largest absolute Gasteiger partial charge is 0.497 e. The fourth-order valence-electron chi connectivity index (χ4n) is 3.84. The topological polar surface area (TPSA) is 55.8 Å². The summed E-state index contributed by atoms with van der Waals surface area (Å²) < 4.78 is 40.0. The number of benzene rings is 2. The first-order chi connectivity index (χ1) is 15.3. The molecule has 2 rings (SSSR count). The Labute approximate surface area is 194 Å². The monoisotopic (exact) mass is 459 g/mol. The van der Waals surface area contributed by atoms with Crippen LogP contribution in [0.5, 0.6) is 11.5 Å². The van der Waals surface area contributed by atoms with Crippen molar-refractivity contribution in [2.45, 2.75) is 57.9 Å². The third kappa shape index (κ3) is 7.10. The van der Waals surface area contributed by atoms with Crippen LogP contribution in [0.4, 0.5) is 0 Å². The van der Waals surface area contributed by atoms with Gasteiger partial charge in [-0.05, 0) is 54.2 Å². The molecule has 2 aromatic rings. The average molecular weight is 460 g/mol. The molecule has 0 amide bonds. The maximum absolute atomic E-state index is 14.0. The second-order valence-corrected chi connectivity index (χ2v) is 10.3. The van der Waals surface area contributed by atoms with Crippen LogP contribution in [0, 0.1) is 5.92 Å². The Hall–Kier alpha value is -2.31. The normalized spacial score (nSPS) is 13.5. The van der Waals surface area contributed by atoms with Gasteiger partial charge in [0.05, 0.1) is 19.5 Å². The van der Waals surface area contributed by atoms with Gasteiger partial charge in [-0.1, -0.05) is 57.0 Å². The van der Waals surface area contributed by atoms with E-state index in [1.54, 1.807) is 18.5 Å². The Morgan fingerprint density at radius 1 is 0.938 bits per heavy atom. The smallest absolute Gasteiger partial charge is 0.217 e. The van der Waals surface area contributed by atoms with Gasteiger partial charge in [-0.15, -0.1) is 6.58 Å². The predicted octanol–water partition coefficient (Wildman–Crippen LogP) is 5.81. The third-order valence-electron chi connectivity index (χ3n) is 5.79. The van der Waals surface area contributed by atoms with Gasteiger partial charge in [-0.25, -0.2) is 8.42 Å². The van der Waals surface area contributed by atoms with E-state index in [1.165, 1.54) is 0 Å². The van der Waals surface area contributed by atoms with Gasteiger partial charge in [0.2, 0.25) is 10.0 Å². The number of methoxy groups -OCH3 is 2. The highest BCUT2D eigenvalue weighted by molar-refractivity contribution is 7.89. The lowest BCUT2D eigenvalue weighted by Crippen LogP contribution is -2.41. The Morgan fingerprint density at radius 2 is 1.41 bits per heavy atom. The molecule has 0 saturated heterocycles. The summed E-state index contributed by atoms with van der Waals surface area (Å²) >= 11 is 0. The molecule has 0 unspecified atom stereocenters. The highest BCUT2D eigenvalue weighted by atomic mass is 32.2.